The number of anilines is 1. The van der Waals surface area contributed by atoms with Crippen molar-refractivity contribution in [2.45, 2.75) is 45.1 Å². The van der Waals surface area contributed by atoms with Gasteiger partial charge in [0.15, 0.2) is 0 Å². The Bertz CT molecular complexity index is 711. The monoisotopic (exact) mass is 323 g/mol. The van der Waals surface area contributed by atoms with Crippen molar-refractivity contribution in [3.8, 4) is 0 Å². The molecular weight excluding hydrogens is 298 g/mol. The molecule has 1 aliphatic rings. The van der Waals surface area contributed by atoms with E-state index in [0.717, 1.165) is 17.7 Å². The van der Waals surface area contributed by atoms with Crippen molar-refractivity contribution >= 4 is 11.7 Å². The molecule has 0 saturated heterocycles. The number of fused-ring (bicyclic) bond motifs is 1. The normalized spacial score (nSPS) is 22.5. The molecule has 2 aromatic carbocycles. The first-order valence-electron chi connectivity index (χ1n) is 8.80. The number of hydrogen-bond acceptors (Lipinski definition) is 2. The summed E-state index contributed by atoms with van der Waals surface area (Å²) in [6.45, 7) is 4.45. The lowest BCUT2D eigenvalue weighted by atomic mass is 9.73. The average molecular weight is 323 g/mol. The third-order valence-electron chi connectivity index (χ3n) is 5.22. The van der Waals surface area contributed by atoms with E-state index in [1.165, 1.54) is 18.4 Å². The number of aromatic carboxylic acids is 1. The van der Waals surface area contributed by atoms with Crippen LogP contribution < -0.4 is 5.32 Å². The zero-order valence-corrected chi connectivity index (χ0v) is 14.3. The highest BCUT2D eigenvalue weighted by Gasteiger charge is 2.34. The van der Waals surface area contributed by atoms with Gasteiger partial charge in [0.05, 0.1) is 11.6 Å². The molecule has 3 unspecified atom stereocenters. The van der Waals surface area contributed by atoms with Gasteiger partial charge in [0.1, 0.15) is 0 Å². The van der Waals surface area contributed by atoms with Crippen LogP contribution in [0.3, 0.4) is 0 Å². The summed E-state index contributed by atoms with van der Waals surface area (Å²) in [6.07, 6.45) is 3.50. The van der Waals surface area contributed by atoms with E-state index in [0.29, 0.717) is 17.4 Å². The fourth-order valence-corrected chi connectivity index (χ4v) is 3.85. The largest absolute Gasteiger partial charge is 0.478 e. The molecule has 126 valence electrons. The molecule has 0 fully saturated rings. The van der Waals surface area contributed by atoms with E-state index >= 15 is 0 Å². The highest BCUT2D eigenvalue weighted by atomic mass is 16.4. The predicted molar refractivity (Wildman–Crippen MR) is 97.6 cm³/mol. The van der Waals surface area contributed by atoms with Gasteiger partial charge in [0.2, 0.25) is 0 Å². The summed E-state index contributed by atoms with van der Waals surface area (Å²) in [6, 6.07) is 16.3. The fraction of sp³-hybridized carbons (Fsp3) is 0.381. The molecule has 2 aromatic rings. The van der Waals surface area contributed by atoms with Gasteiger partial charge in [-0.2, -0.15) is 0 Å². The van der Waals surface area contributed by atoms with Crippen LogP contribution in [0.4, 0.5) is 5.69 Å². The summed E-state index contributed by atoms with van der Waals surface area (Å²) >= 11 is 0. The van der Waals surface area contributed by atoms with Crippen LogP contribution >= 0.6 is 0 Å². The molecule has 2 N–H and O–H groups in total. The summed E-state index contributed by atoms with van der Waals surface area (Å²) in [4.78, 5) is 11.3. The van der Waals surface area contributed by atoms with Crippen LogP contribution in [0.2, 0.25) is 0 Å². The number of carboxylic acids is 1. The Kier molecular flexibility index (Phi) is 4.89. The number of carboxylic acid groups (broad SMARTS) is 1. The maximum absolute atomic E-state index is 11.3. The molecule has 3 rings (SSSR count). The second kappa shape index (κ2) is 7.08. The Morgan fingerprint density at radius 2 is 1.92 bits per heavy atom. The number of carbonyl (C=O) groups is 1. The third kappa shape index (κ3) is 3.16. The number of benzene rings is 2. The smallest absolute Gasteiger partial charge is 0.335 e. The molecule has 3 heteroatoms. The van der Waals surface area contributed by atoms with Crippen molar-refractivity contribution in [2.24, 2.45) is 5.92 Å². The molecule has 0 aromatic heterocycles. The van der Waals surface area contributed by atoms with Gasteiger partial charge in [-0.25, -0.2) is 4.79 Å². The Morgan fingerprint density at radius 1 is 1.17 bits per heavy atom. The molecule has 1 aliphatic heterocycles. The minimum Gasteiger partial charge on any atom is -0.478 e. The topological polar surface area (TPSA) is 49.3 Å². The van der Waals surface area contributed by atoms with Gasteiger partial charge < -0.3 is 10.4 Å². The van der Waals surface area contributed by atoms with Crippen molar-refractivity contribution in [3.05, 3.63) is 65.2 Å². The van der Waals surface area contributed by atoms with Gasteiger partial charge in [-0.3, -0.25) is 0 Å². The number of hydrogen-bond donors (Lipinski definition) is 2. The van der Waals surface area contributed by atoms with E-state index in [-0.39, 0.29) is 6.04 Å². The highest BCUT2D eigenvalue weighted by molar-refractivity contribution is 5.88. The van der Waals surface area contributed by atoms with E-state index in [9.17, 15) is 9.90 Å². The van der Waals surface area contributed by atoms with E-state index in [1.807, 2.05) is 18.2 Å². The molecule has 0 radical (unpaired) electrons. The predicted octanol–water partition coefficient (Wildman–Crippen LogP) is 5.46. The SMILES string of the molecule is CCCCC1C(C)c2cc(C(=O)O)ccc2NC1c1ccccc1. The average Bonchev–Trinajstić information content (AvgIpc) is 2.61. The van der Waals surface area contributed by atoms with Gasteiger partial charge in [-0.15, -0.1) is 0 Å². The van der Waals surface area contributed by atoms with Crippen molar-refractivity contribution in [1.29, 1.82) is 0 Å². The second-order valence-corrected chi connectivity index (χ2v) is 6.73. The van der Waals surface area contributed by atoms with E-state index in [1.54, 1.807) is 6.07 Å². The van der Waals surface area contributed by atoms with Crippen molar-refractivity contribution < 1.29 is 9.90 Å². The van der Waals surface area contributed by atoms with Gasteiger partial charge in [-0.05, 0) is 47.6 Å². The van der Waals surface area contributed by atoms with Crippen LogP contribution in [0.1, 0.15) is 66.6 Å². The van der Waals surface area contributed by atoms with E-state index in [4.69, 9.17) is 0 Å². The minimum atomic E-state index is -0.861. The minimum absolute atomic E-state index is 0.274. The van der Waals surface area contributed by atoms with Crippen molar-refractivity contribution in [2.75, 3.05) is 5.32 Å². The first kappa shape index (κ1) is 16.6. The third-order valence-corrected chi connectivity index (χ3v) is 5.22. The van der Waals surface area contributed by atoms with Gasteiger partial charge in [0, 0.05) is 5.69 Å². The number of nitrogens with one attached hydrogen (secondary N) is 1. The second-order valence-electron chi connectivity index (χ2n) is 6.73. The number of unbranched alkanes of at least 4 members (excludes halogenated alkanes) is 1. The zero-order valence-electron chi connectivity index (χ0n) is 14.3. The maximum Gasteiger partial charge on any atom is 0.335 e. The molecule has 3 atom stereocenters. The van der Waals surface area contributed by atoms with Crippen molar-refractivity contribution in [3.63, 3.8) is 0 Å². The summed E-state index contributed by atoms with van der Waals surface area (Å²) < 4.78 is 0. The standard InChI is InChI=1S/C21H25NO2/c1-3-4-10-17-14(2)18-13-16(21(23)24)11-12-19(18)22-20(17)15-8-6-5-7-9-15/h5-9,11-14,17,20,22H,3-4,10H2,1-2H3,(H,23,24). The van der Waals surface area contributed by atoms with Crippen LogP contribution in [-0.4, -0.2) is 11.1 Å². The Morgan fingerprint density at radius 3 is 2.58 bits per heavy atom. The first-order chi connectivity index (χ1) is 11.6. The van der Waals surface area contributed by atoms with Crippen LogP contribution in [0.15, 0.2) is 48.5 Å². The Labute approximate surface area is 143 Å². The van der Waals surface area contributed by atoms with Crippen LogP contribution in [-0.2, 0) is 0 Å². The van der Waals surface area contributed by atoms with Crippen LogP contribution in [0.5, 0.6) is 0 Å². The Balaban J connectivity index is 2.00. The molecule has 24 heavy (non-hydrogen) atoms. The summed E-state index contributed by atoms with van der Waals surface area (Å²) in [5, 5.41) is 13.0. The maximum atomic E-state index is 11.3. The summed E-state index contributed by atoms with van der Waals surface area (Å²) in [5.74, 6) is -0.0681. The van der Waals surface area contributed by atoms with E-state index < -0.39 is 5.97 Å². The van der Waals surface area contributed by atoms with Gasteiger partial charge >= 0.3 is 5.97 Å². The van der Waals surface area contributed by atoms with Crippen LogP contribution in [0, 0.1) is 5.92 Å². The van der Waals surface area contributed by atoms with Crippen molar-refractivity contribution in [1.82, 2.24) is 0 Å². The first-order valence-corrected chi connectivity index (χ1v) is 8.80. The molecule has 3 nitrogen and oxygen atoms in total. The molecule has 1 heterocycles. The zero-order chi connectivity index (χ0) is 17.1. The molecular formula is C21H25NO2. The fourth-order valence-electron chi connectivity index (χ4n) is 3.85. The lowest BCUT2D eigenvalue weighted by molar-refractivity contribution is 0.0696. The van der Waals surface area contributed by atoms with Gasteiger partial charge in [0.25, 0.3) is 0 Å². The Hall–Kier alpha value is -2.29. The molecule has 0 amide bonds. The van der Waals surface area contributed by atoms with Gasteiger partial charge in [-0.1, -0.05) is 57.0 Å². The summed E-state index contributed by atoms with van der Waals surface area (Å²) in [5.41, 5.74) is 3.87. The highest BCUT2D eigenvalue weighted by Crippen LogP contribution is 2.46. The quantitative estimate of drug-likeness (QED) is 0.768. The van der Waals surface area contributed by atoms with Crippen LogP contribution in [0.25, 0.3) is 0 Å². The molecule has 0 aliphatic carbocycles. The molecule has 0 saturated carbocycles. The lowest BCUT2D eigenvalue weighted by Gasteiger charge is -2.40. The molecule has 0 bridgehead atoms. The summed E-state index contributed by atoms with van der Waals surface area (Å²) in [7, 11) is 0. The number of rotatable bonds is 5. The lowest BCUT2D eigenvalue weighted by Crippen LogP contribution is -2.31. The molecule has 0 spiro atoms. The van der Waals surface area contributed by atoms with E-state index in [2.05, 4.69) is 43.4 Å².